The molecule has 0 aliphatic carbocycles. The van der Waals surface area contributed by atoms with Gasteiger partial charge in [0.25, 0.3) is 5.56 Å². The molecule has 0 aliphatic heterocycles. The van der Waals surface area contributed by atoms with Gasteiger partial charge in [-0.1, -0.05) is 17.7 Å². The Balaban J connectivity index is 1.69. The van der Waals surface area contributed by atoms with Crippen LogP contribution in [-0.4, -0.2) is 15.9 Å². The third-order valence-corrected chi connectivity index (χ3v) is 4.37. The van der Waals surface area contributed by atoms with Gasteiger partial charge in [-0.2, -0.15) is 0 Å². The van der Waals surface area contributed by atoms with Crippen molar-refractivity contribution in [2.75, 3.05) is 0 Å². The average Bonchev–Trinajstić information content (AvgIpc) is 2.98. The zero-order chi connectivity index (χ0) is 16.4. The van der Waals surface area contributed by atoms with E-state index in [1.54, 1.807) is 11.4 Å². The summed E-state index contributed by atoms with van der Waals surface area (Å²) in [6.07, 6.45) is -0.295. The number of rotatable bonds is 4. The Labute approximate surface area is 138 Å². The summed E-state index contributed by atoms with van der Waals surface area (Å²) in [6.45, 7) is -0.202. The highest BCUT2D eigenvalue weighted by Crippen LogP contribution is 2.20. The summed E-state index contributed by atoms with van der Waals surface area (Å²) < 4.78 is 19.2. The Morgan fingerprint density at radius 2 is 2.22 bits per heavy atom. The molecule has 0 saturated heterocycles. The van der Waals surface area contributed by atoms with E-state index in [-0.39, 0.29) is 35.0 Å². The number of thiophene rings is 1. The minimum Gasteiger partial charge on any atom is -0.457 e. The summed E-state index contributed by atoms with van der Waals surface area (Å²) in [5.41, 5.74) is 0.337. The number of nitrogens with one attached hydrogen (secondary N) is 1. The molecule has 118 valence electrons. The van der Waals surface area contributed by atoms with Crippen molar-refractivity contribution < 1.29 is 13.9 Å². The molecule has 0 bridgehead atoms. The van der Waals surface area contributed by atoms with Gasteiger partial charge in [-0.15, -0.1) is 11.3 Å². The predicted molar refractivity (Wildman–Crippen MR) is 85.2 cm³/mol. The van der Waals surface area contributed by atoms with Crippen molar-refractivity contribution in [1.82, 2.24) is 9.97 Å². The Morgan fingerprint density at radius 1 is 1.39 bits per heavy atom. The van der Waals surface area contributed by atoms with Crippen LogP contribution in [0.1, 0.15) is 11.4 Å². The minimum absolute atomic E-state index is 0.0777. The van der Waals surface area contributed by atoms with Gasteiger partial charge in [-0.25, -0.2) is 9.37 Å². The maximum atomic E-state index is 13.6. The van der Waals surface area contributed by atoms with E-state index in [0.29, 0.717) is 10.2 Å². The molecule has 8 heteroatoms. The molecule has 5 nitrogen and oxygen atoms in total. The Kier molecular flexibility index (Phi) is 4.40. The molecule has 23 heavy (non-hydrogen) atoms. The second-order valence-corrected chi connectivity index (χ2v) is 6.01. The molecule has 2 aromatic heterocycles. The van der Waals surface area contributed by atoms with Crippen LogP contribution >= 0.6 is 22.9 Å². The second-order valence-electron chi connectivity index (χ2n) is 4.69. The Hall–Kier alpha value is -2.25. The number of aromatic nitrogens is 2. The van der Waals surface area contributed by atoms with Gasteiger partial charge in [-0.05, 0) is 23.6 Å². The van der Waals surface area contributed by atoms with Crippen molar-refractivity contribution >= 4 is 39.1 Å². The van der Waals surface area contributed by atoms with E-state index in [2.05, 4.69) is 9.97 Å². The first kappa shape index (κ1) is 15.6. The Bertz CT molecular complexity index is 918. The number of aromatic amines is 1. The van der Waals surface area contributed by atoms with Crippen LogP contribution in [0, 0.1) is 5.82 Å². The van der Waals surface area contributed by atoms with E-state index < -0.39 is 11.8 Å². The lowest BCUT2D eigenvalue weighted by Crippen LogP contribution is -2.15. The van der Waals surface area contributed by atoms with Crippen molar-refractivity contribution in [3.8, 4) is 0 Å². The van der Waals surface area contributed by atoms with Gasteiger partial charge >= 0.3 is 5.97 Å². The van der Waals surface area contributed by atoms with Crippen molar-refractivity contribution in [2.24, 2.45) is 0 Å². The van der Waals surface area contributed by atoms with Crippen LogP contribution in [0.15, 0.2) is 34.4 Å². The van der Waals surface area contributed by atoms with Crippen LogP contribution in [0.2, 0.25) is 5.02 Å². The van der Waals surface area contributed by atoms with Gasteiger partial charge in [0, 0.05) is 10.6 Å². The lowest BCUT2D eigenvalue weighted by Gasteiger charge is -2.07. The molecule has 0 unspecified atom stereocenters. The standard InChI is InChI=1S/C15H10ClFN2O3S/c16-9-2-1-3-10(17)8(9)6-13(20)22-7-12-18-11-4-5-23-14(11)15(21)19-12/h1-5H,6-7H2,(H,18,19,21). The van der Waals surface area contributed by atoms with Crippen LogP contribution in [0.4, 0.5) is 4.39 Å². The average molecular weight is 353 g/mol. The molecule has 1 aromatic carbocycles. The molecule has 0 atom stereocenters. The van der Waals surface area contributed by atoms with E-state index in [1.807, 2.05) is 0 Å². The molecule has 3 rings (SSSR count). The first-order valence-electron chi connectivity index (χ1n) is 6.59. The number of hydrogen-bond acceptors (Lipinski definition) is 5. The maximum Gasteiger partial charge on any atom is 0.310 e. The fraction of sp³-hybridized carbons (Fsp3) is 0.133. The largest absolute Gasteiger partial charge is 0.457 e. The summed E-state index contributed by atoms with van der Waals surface area (Å²) in [7, 11) is 0. The third kappa shape index (κ3) is 3.40. The van der Waals surface area contributed by atoms with Crippen molar-refractivity contribution in [1.29, 1.82) is 0 Å². The number of carbonyl (C=O) groups excluding carboxylic acids is 1. The fourth-order valence-electron chi connectivity index (χ4n) is 2.04. The normalized spacial score (nSPS) is 10.9. The number of carbonyl (C=O) groups is 1. The number of ether oxygens (including phenoxy) is 1. The first-order valence-corrected chi connectivity index (χ1v) is 7.85. The summed E-state index contributed by atoms with van der Waals surface area (Å²) in [5, 5.41) is 1.91. The number of halogens is 2. The molecule has 0 aliphatic rings. The van der Waals surface area contributed by atoms with E-state index in [4.69, 9.17) is 16.3 Å². The van der Waals surface area contributed by atoms with E-state index in [1.165, 1.54) is 29.5 Å². The highest BCUT2D eigenvalue weighted by molar-refractivity contribution is 7.17. The quantitative estimate of drug-likeness (QED) is 0.732. The second kappa shape index (κ2) is 6.47. The van der Waals surface area contributed by atoms with Crippen LogP contribution in [0.5, 0.6) is 0 Å². The molecule has 0 amide bonds. The minimum atomic E-state index is -0.662. The predicted octanol–water partition coefficient (Wildman–Crippen LogP) is 3.06. The monoisotopic (exact) mass is 352 g/mol. The lowest BCUT2D eigenvalue weighted by atomic mass is 10.1. The van der Waals surface area contributed by atoms with Crippen LogP contribution < -0.4 is 5.56 Å². The molecule has 1 N–H and O–H groups in total. The molecule has 2 heterocycles. The smallest absolute Gasteiger partial charge is 0.310 e. The van der Waals surface area contributed by atoms with Crippen LogP contribution in [-0.2, 0) is 22.6 Å². The van der Waals surface area contributed by atoms with Gasteiger partial charge in [0.1, 0.15) is 22.9 Å². The van der Waals surface area contributed by atoms with E-state index >= 15 is 0 Å². The Morgan fingerprint density at radius 3 is 3.00 bits per heavy atom. The zero-order valence-electron chi connectivity index (χ0n) is 11.6. The van der Waals surface area contributed by atoms with E-state index in [9.17, 15) is 14.0 Å². The number of benzene rings is 1. The van der Waals surface area contributed by atoms with Gasteiger partial charge in [-0.3, -0.25) is 9.59 Å². The number of fused-ring (bicyclic) bond motifs is 1. The number of H-pyrrole nitrogens is 1. The molecule has 0 saturated carbocycles. The number of hydrogen-bond donors (Lipinski definition) is 1. The van der Waals surface area contributed by atoms with Crippen LogP contribution in [0.25, 0.3) is 10.2 Å². The SMILES string of the molecule is O=C(Cc1c(F)cccc1Cl)OCc1nc2ccsc2c(=O)[nH]1. The molecule has 3 aromatic rings. The van der Waals surface area contributed by atoms with Gasteiger partial charge in [0.05, 0.1) is 11.9 Å². The van der Waals surface area contributed by atoms with Crippen molar-refractivity contribution in [3.63, 3.8) is 0 Å². The van der Waals surface area contributed by atoms with E-state index in [0.717, 1.165) is 0 Å². The summed E-state index contributed by atoms with van der Waals surface area (Å²) >= 11 is 7.14. The van der Waals surface area contributed by atoms with Crippen molar-refractivity contribution in [3.05, 3.63) is 62.2 Å². The molecular weight excluding hydrogens is 343 g/mol. The van der Waals surface area contributed by atoms with Gasteiger partial charge < -0.3 is 9.72 Å². The summed E-state index contributed by atoms with van der Waals surface area (Å²) in [4.78, 5) is 30.3. The third-order valence-electron chi connectivity index (χ3n) is 3.12. The highest BCUT2D eigenvalue weighted by atomic mass is 35.5. The molecular formula is C15H10ClFN2O3S. The number of esters is 1. The summed E-state index contributed by atoms with van der Waals surface area (Å²) in [6, 6.07) is 5.88. The topological polar surface area (TPSA) is 72.0 Å². The molecule has 0 spiro atoms. The lowest BCUT2D eigenvalue weighted by molar-refractivity contribution is -0.144. The summed E-state index contributed by atoms with van der Waals surface area (Å²) in [5.74, 6) is -1.00. The molecule has 0 fully saturated rings. The highest BCUT2D eigenvalue weighted by Gasteiger charge is 2.14. The van der Waals surface area contributed by atoms with Gasteiger partial charge in [0.15, 0.2) is 0 Å². The van der Waals surface area contributed by atoms with Gasteiger partial charge in [0.2, 0.25) is 0 Å². The van der Waals surface area contributed by atoms with Crippen LogP contribution in [0.3, 0.4) is 0 Å². The zero-order valence-corrected chi connectivity index (χ0v) is 13.2. The molecule has 0 radical (unpaired) electrons. The maximum absolute atomic E-state index is 13.6. The fourth-order valence-corrected chi connectivity index (χ4v) is 2.99. The van der Waals surface area contributed by atoms with Crippen molar-refractivity contribution in [2.45, 2.75) is 13.0 Å². The first-order chi connectivity index (χ1) is 11.0. The number of nitrogens with zero attached hydrogens (tertiary/aromatic N) is 1.